The van der Waals surface area contributed by atoms with Gasteiger partial charge >= 0.3 is 0 Å². The fourth-order valence-electron chi connectivity index (χ4n) is 0.797. The van der Waals surface area contributed by atoms with Gasteiger partial charge in [-0.3, -0.25) is 0 Å². The van der Waals surface area contributed by atoms with Crippen LogP contribution in [0.25, 0.3) is 0 Å². The van der Waals surface area contributed by atoms with Crippen LogP contribution in [0.1, 0.15) is 13.3 Å². The summed E-state index contributed by atoms with van der Waals surface area (Å²) in [6, 6.07) is 2.88. The molecule has 0 aliphatic carbocycles. The molecule has 0 aromatic carbocycles. The Hall–Kier alpha value is -0.840. The molecule has 0 atom stereocenters. The number of nitrogens with zero attached hydrogens (tertiary/aromatic N) is 1. The van der Waals surface area contributed by atoms with Gasteiger partial charge in [0.15, 0.2) is 0 Å². The van der Waals surface area contributed by atoms with E-state index in [2.05, 4.69) is 24.0 Å². The van der Waals surface area contributed by atoms with E-state index in [9.17, 15) is 0 Å². The standard InChI is InChI=1S/C7H11NO/c1-2-3-8-4-6-9-7-5-8/h2-4,6H2,1H3. The van der Waals surface area contributed by atoms with Crippen LogP contribution in [0.3, 0.4) is 0 Å². The smallest absolute Gasteiger partial charge is 0.133 e. The van der Waals surface area contributed by atoms with Crippen LogP contribution < -0.4 is 0 Å². The van der Waals surface area contributed by atoms with E-state index in [0.717, 1.165) is 26.1 Å². The molecule has 0 radical (unpaired) electrons. The molecule has 2 nitrogen and oxygen atoms in total. The summed E-state index contributed by atoms with van der Waals surface area (Å²) in [4.78, 5) is 2.09. The van der Waals surface area contributed by atoms with E-state index in [1.54, 1.807) is 0 Å². The Morgan fingerprint density at radius 3 is 3.11 bits per heavy atom. The fraction of sp³-hybridized carbons (Fsp3) is 0.714. The molecule has 1 rings (SSSR count). The van der Waals surface area contributed by atoms with Crippen LogP contribution in [-0.2, 0) is 4.74 Å². The maximum atomic E-state index is 4.84. The molecule has 50 valence electrons. The van der Waals surface area contributed by atoms with Gasteiger partial charge in [-0.1, -0.05) is 6.92 Å². The Bertz CT molecular complexity index is 134. The first-order chi connectivity index (χ1) is 4.43. The van der Waals surface area contributed by atoms with Crippen LogP contribution in [0.2, 0.25) is 0 Å². The van der Waals surface area contributed by atoms with Crippen molar-refractivity contribution in [1.82, 2.24) is 4.90 Å². The van der Waals surface area contributed by atoms with E-state index >= 15 is 0 Å². The molecule has 2 heteroatoms. The van der Waals surface area contributed by atoms with Crippen molar-refractivity contribution in [2.24, 2.45) is 0 Å². The van der Waals surface area contributed by atoms with Crippen molar-refractivity contribution in [3.05, 3.63) is 0 Å². The number of rotatable bonds is 2. The van der Waals surface area contributed by atoms with Crippen molar-refractivity contribution < 1.29 is 4.74 Å². The zero-order chi connectivity index (χ0) is 6.53. The quantitative estimate of drug-likeness (QED) is 0.502. The molecule has 9 heavy (non-hydrogen) atoms. The molecule has 0 unspecified atom stereocenters. The first-order valence-electron chi connectivity index (χ1n) is 3.31. The van der Waals surface area contributed by atoms with Crippen LogP contribution in [0.4, 0.5) is 0 Å². The lowest BCUT2D eigenvalue weighted by Gasteiger charge is -2.17. The highest BCUT2D eigenvalue weighted by molar-refractivity contribution is 4.94. The summed E-state index contributed by atoms with van der Waals surface area (Å²) >= 11 is 0. The summed E-state index contributed by atoms with van der Waals surface area (Å²) in [6.07, 6.45) is 3.76. The molecule has 0 aromatic rings. The highest BCUT2D eigenvalue weighted by atomic mass is 16.5. The second-order valence-corrected chi connectivity index (χ2v) is 2.05. The molecule has 0 fully saturated rings. The monoisotopic (exact) mass is 125 g/mol. The van der Waals surface area contributed by atoms with E-state index in [0.29, 0.717) is 0 Å². The summed E-state index contributed by atoms with van der Waals surface area (Å²) in [5.41, 5.74) is 0. The fourth-order valence-corrected chi connectivity index (χ4v) is 0.797. The number of hydrogen-bond donors (Lipinski definition) is 0. The zero-order valence-electron chi connectivity index (χ0n) is 5.68. The SMILES string of the molecule is CCCN1C#COCC1. The lowest BCUT2D eigenvalue weighted by Crippen LogP contribution is -2.25. The van der Waals surface area contributed by atoms with Crippen molar-refractivity contribution in [2.45, 2.75) is 13.3 Å². The van der Waals surface area contributed by atoms with Gasteiger partial charge in [-0.15, -0.1) is 0 Å². The Morgan fingerprint density at radius 1 is 1.67 bits per heavy atom. The maximum Gasteiger partial charge on any atom is 0.133 e. The molecular formula is C7H11NO. The first kappa shape index (κ1) is 6.28. The van der Waals surface area contributed by atoms with Crippen LogP contribution >= 0.6 is 0 Å². The lowest BCUT2D eigenvalue weighted by molar-refractivity contribution is 0.210. The Morgan fingerprint density at radius 2 is 2.56 bits per heavy atom. The minimum Gasteiger partial charge on any atom is -0.443 e. The average molecular weight is 125 g/mol. The maximum absolute atomic E-state index is 4.84. The van der Waals surface area contributed by atoms with Gasteiger partial charge in [0.25, 0.3) is 0 Å². The van der Waals surface area contributed by atoms with Gasteiger partial charge in [0, 0.05) is 6.54 Å². The minimum atomic E-state index is 0.757. The minimum absolute atomic E-state index is 0.757. The predicted octanol–water partition coefficient (Wildman–Crippen LogP) is 0.647. The Labute approximate surface area is 55.8 Å². The largest absolute Gasteiger partial charge is 0.443 e. The molecule has 0 saturated carbocycles. The van der Waals surface area contributed by atoms with Gasteiger partial charge in [-0.05, 0) is 6.42 Å². The molecule has 0 aromatic heterocycles. The van der Waals surface area contributed by atoms with Gasteiger partial charge in [0.1, 0.15) is 12.7 Å². The second-order valence-electron chi connectivity index (χ2n) is 2.05. The molecule has 1 aliphatic rings. The van der Waals surface area contributed by atoms with Crippen molar-refractivity contribution in [2.75, 3.05) is 19.7 Å². The van der Waals surface area contributed by atoms with Gasteiger partial charge in [-0.25, -0.2) is 0 Å². The summed E-state index contributed by atoms with van der Waals surface area (Å²) in [5.74, 6) is 0. The van der Waals surface area contributed by atoms with Crippen LogP contribution in [0.15, 0.2) is 0 Å². The van der Waals surface area contributed by atoms with Crippen LogP contribution in [-0.4, -0.2) is 24.6 Å². The molecular weight excluding hydrogens is 114 g/mol. The van der Waals surface area contributed by atoms with Crippen LogP contribution in [0, 0.1) is 12.2 Å². The summed E-state index contributed by atoms with van der Waals surface area (Å²) in [5, 5.41) is 0. The van der Waals surface area contributed by atoms with E-state index in [1.165, 1.54) is 0 Å². The number of ether oxygens (including phenoxy) is 1. The Balaban J connectivity index is 2.28. The third-order valence-corrected chi connectivity index (χ3v) is 1.23. The van der Waals surface area contributed by atoms with E-state index in [1.807, 2.05) is 0 Å². The van der Waals surface area contributed by atoms with Gasteiger partial charge in [0.05, 0.1) is 12.6 Å². The highest BCUT2D eigenvalue weighted by Crippen LogP contribution is 1.92. The predicted molar refractivity (Wildman–Crippen MR) is 35.6 cm³/mol. The third kappa shape index (κ3) is 1.85. The summed E-state index contributed by atoms with van der Waals surface area (Å²) < 4.78 is 4.84. The first-order valence-corrected chi connectivity index (χ1v) is 3.31. The van der Waals surface area contributed by atoms with E-state index in [4.69, 9.17) is 4.74 Å². The molecule has 1 heterocycles. The van der Waals surface area contributed by atoms with E-state index in [-0.39, 0.29) is 0 Å². The molecule has 0 N–H and O–H groups in total. The van der Waals surface area contributed by atoms with Gasteiger partial charge in [0.2, 0.25) is 0 Å². The molecule has 0 spiro atoms. The zero-order valence-corrected chi connectivity index (χ0v) is 5.68. The van der Waals surface area contributed by atoms with Crippen molar-refractivity contribution in [3.8, 4) is 12.2 Å². The molecule has 0 saturated heterocycles. The number of hydrogen-bond acceptors (Lipinski definition) is 2. The third-order valence-electron chi connectivity index (χ3n) is 1.23. The topological polar surface area (TPSA) is 12.5 Å². The molecule has 0 amide bonds. The normalized spacial score (nSPS) is 15.9. The second kappa shape index (κ2) is 3.24. The van der Waals surface area contributed by atoms with Gasteiger partial charge in [-0.2, -0.15) is 0 Å². The molecule has 0 bridgehead atoms. The highest BCUT2D eigenvalue weighted by Gasteiger charge is 2.00. The van der Waals surface area contributed by atoms with Gasteiger partial charge < -0.3 is 9.64 Å². The van der Waals surface area contributed by atoms with Crippen molar-refractivity contribution >= 4 is 0 Å². The average Bonchev–Trinajstić information content (AvgIpc) is 1.91. The lowest BCUT2D eigenvalue weighted by atomic mass is 10.4. The molecule has 1 aliphatic heterocycles. The summed E-state index contributed by atoms with van der Waals surface area (Å²) in [7, 11) is 0. The van der Waals surface area contributed by atoms with E-state index < -0.39 is 0 Å². The Kier molecular flexibility index (Phi) is 2.26. The summed E-state index contributed by atoms with van der Waals surface area (Å²) in [6.45, 7) is 4.93. The van der Waals surface area contributed by atoms with Crippen molar-refractivity contribution in [1.29, 1.82) is 0 Å². The van der Waals surface area contributed by atoms with Crippen LogP contribution in [0.5, 0.6) is 0 Å². The van der Waals surface area contributed by atoms with Crippen molar-refractivity contribution in [3.63, 3.8) is 0 Å².